The number of amides is 1. The Kier molecular flexibility index (Phi) is 5.54. The molecule has 100 valence electrons. The number of halogens is 1. The summed E-state index contributed by atoms with van der Waals surface area (Å²) in [4.78, 5) is 11.8. The van der Waals surface area contributed by atoms with E-state index in [0.29, 0.717) is 6.42 Å². The summed E-state index contributed by atoms with van der Waals surface area (Å²) in [5.41, 5.74) is 5.50. The molecule has 1 amide bonds. The third-order valence-corrected chi connectivity index (χ3v) is 2.44. The summed E-state index contributed by atoms with van der Waals surface area (Å²) in [7, 11) is 1.50. The summed E-state index contributed by atoms with van der Waals surface area (Å²) in [6.45, 7) is 0.216. The number of hydrogen-bond donors (Lipinski definition) is 3. The number of nitrogens with one attached hydrogen (secondary N) is 1. The lowest BCUT2D eigenvalue weighted by atomic mass is 10.1. The quantitative estimate of drug-likeness (QED) is 0.648. The van der Waals surface area contributed by atoms with E-state index >= 15 is 0 Å². The predicted molar refractivity (Wildman–Crippen MR) is 65.6 cm³/mol. The Labute approximate surface area is 105 Å². The minimum atomic E-state index is -0.631. The lowest BCUT2D eigenvalue weighted by Crippen LogP contribution is -2.38. The van der Waals surface area contributed by atoms with Crippen LogP contribution in [0.5, 0.6) is 0 Å². The van der Waals surface area contributed by atoms with Gasteiger partial charge in [0.05, 0.1) is 18.3 Å². The van der Waals surface area contributed by atoms with Gasteiger partial charge in [-0.3, -0.25) is 4.79 Å². The first-order valence-electron chi connectivity index (χ1n) is 5.54. The van der Waals surface area contributed by atoms with Gasteiger partial charge in [-0.05, 0) is 24.6 Å². The van der Waals surface area contributed by atoms with Gasteiger partial charge in [0.2, 0.25) is 0 Å². The molecule has 0 heterocycles. The number of hydrogen-bond acceptors (Lipinski definition) is 4. The first kappa shape index (κ1) is 14.4. The normalized spacial score (nSPS) is 12.2. The minimum absolute atomic E-state index is 0.00431. The molecule has 0 bridgehead atoms. The van der Waals surface area contributed by atoms with Crippen molar-refractivity contribution in [1.29, 1.82) is 0 Å². The molecule has 4 N–H and O–H groups in total. The predicted octanol–water partition coefficient (Wildman–Crippen LogP) is 0.535. The molecule has 18 heavy (non-hydrogen) atoms. The molecule has 1 aromatic carbocycles. The molecule has 6 heteroatoms. The number of carbonyl (C=O) groups is 1. The molecule has 0 aliphatic carbocycles. The number of benzene rings is 1. The largest absolute Gasteiger partial charge is 0.396 e. The van der Waals surface area contributed by atoms with E-state index in [4.69, 9.17) is 15.6 Å². The van der Waals surface area contributed by atoms with Crippen LogP contribution < -0.4 is 11.1 Å². The molecule has 0 aliphatic rings. The highest BCUT2D eigenvalue weighted by atomic mass is 19.1. The minimum Gasteiger partial charge on any atom is -0.396 e. The number of ether oxygens (including phenoxy) is 1. The summed E-state index contributed by atoms with van der Waals surface area (Å²) in [5.74, 6) is -1.06. The fraction of sp³-hybridized carbons (Fsp3) is 0.417. The fourth-order valence-corrected chi connectivity index (χ4v) is 1.49. The van der Waals surface area contributed by atoms with Crippen molar-refractivity contribution in [3.8, 4) is 0 Å². The van der Waals surface area contributed by atoms with Gasteiger partial charge in [-0.2, -0.15) is 0 Å². The van der Waals surface area contributed by atoms with E-state index in [1.165, 1.54) is 19.2 Å². The summed E-state index contributed by atoms with van der Waals surface area (Å²) in [6.07, 6.45) is 0.372. The molecule has 5 nitrogen and oxygen atoms in total. The Morgan fingerprint density at radius 1 is 1.61 bits per heavy atom. The summed E-state index contributed by atoms with van der Waals surface area (Å²) < 4.78 is 18.1. The summed E-state index contributed by atoms with van der Waals surface area (Å²) in [5, 5.41) is 11.5. The highest BCUT2D eigenvalue weighted by Gasteiger charge is 2.14. The first-order chi connectivity index (χ1) is 8.58. The maximum absolute atomic E-state index is 13.2. The number of carbonyl (C=O) groups excluding carboxylic acids is 1. The van der Waals surface area contributed by atoms with Gasteiger partial charge in [-0.15, -0.1) is 0 Å². The zero-order chi connectivity index (χ0) is 13.5. The van der Waals surface area contributed by atoms with E-state index in [1.54, 1.807) is 0 Å². The molecule has 0 spiro atoms. The van der Waals surface area contributed by atoms with E-state index in [9.17, 15) is 9.18 Å². The number of nitrogens with two attached hydrogens (primary N) is 1. The Balaban J connectivity index is 2.70. The number of anilines is 1. The molecule has 0 aliphatic heterocycles. The Hall–Kier alpha value is -1.66. The van der Waals surface area contributed by atoms with Gasteiger partial charge in [-0.25, -0.2) is 4.39 Å². The zero-order valence-electron chi connectivity index (χ0n) is 10.1. The molecule has 0 fully saturated rings. The van der Waals surface area contributed by atoms with Gasteiger partial charge in [-0.1, -0.05) is 0 Å². The third-order valence-electron chi connectivity index (χ3n) is 2.44. The molecule has 0 saturated heterocycles. The maximum Gasteiger partial charge on any atom is 0.251 e. The average Bonchev–Trinajstić information content (AvgIpc) is 2.33. The Morgan fingerprint density at radius 3 is 2.89 bits per heavy atom. The van der Waals surface area contributed by atoms with Crippen molar-refractivity contribution in [2.24, 2.45) is 0 Å². The van der Waals surface area contributed by atoms with Crippen LogP contribution in [0.25, 0.3) is 0 Å². The van der Waals surface area contributed by atoms with Crippen molar-refractivity contribution in [3.05, 3.63) is 29.6 Å². The molecule has 0 saturated carbocycles. The van der Waals surface area contributed by atoms with Crippen LogP contribution in [0.4, 0.5) is 10.1 Å². The van der Waals surface area contributed by atoms with Gasteiger partial charge < -0.3 is 20.9 Å². The van der Waals surface area contributed by atoms with Gasteiger partial charge >= 0.3 is 0 Å². The number of rotatable bonds is 6. The topological polar surface area (TPSA) is 84.6 Å². The van der Waals surface area contributed by atoms with Crippen LogP contribution in [0.2, 0.25) is 0 Å². The van der Waals surface area contributed by atoms with Crippen molar-refractivity contribution in [3.63, 3.8) is 0 Å². The lowest BCUT2D eigenvalue weighted by Gasteiger charge is -2.16. The SMILES string of the molecule is COCC(CCO)NC(=O)c1ccc(N)c(F)c1. The van der Waals surface area contributed by atoms with Gasteiger partial charge in [0, 0.05) is 19.3 Å². The smallest absolute Gasteiger partial charge is 0.251 e. The zero-order valence-corrected chi connectivity index (χ0v) is 10.1. The van der Waals surface area contributed by atoms with E-state index in [0.717, 1.165) is 6.07 Å². The highest BCUT2D eigenvalue weighted by Crippen LogP contribution is 2.12. The van der Waals surface area contributed by atoms with Crippen LogP contribution in [0.3, 0.4) is 0 Å². The number of methoxy groups -OCH3 is 1. The van der Waals surface area contributed by atoms with Crippen LogP contribution in [-0.2, 0) is 4.74 Å². The van der Waals surface area contributed by atoms with E-state index in [2.05, 4.69) is 5.32 Å². The average molecular weight is 256 g/mol. The first-order valence-corrected chi connectivity index (χ1v) is 5.54. The Bertz CT molecular complexity index is 406. The van der Waals surface area contributed by atoms with Gasteiger partial charge in [0.25, 0.3) is 5.91 Å². The van der Waals surface area contributed by atoms with Crippen LogP contribution in [0.1, 0.15) is 16.8 Å². The number of nitrogen functional groups attached to an aromatic ring is 1. The van der Waals surface area contributed by atoms with Crippen LogP contribution >= 0.6 is 0 Å². The van der Waals surface area contributed by atoms with Crippen molar-refractivity contribution in [2.45, 2.75) is 12.5 Å². The third kappa shape index (κ3) is 3.97. The van der Waals surface area contributed by atoms with E-state index < -0.39 is 11.7 Å². The number of aliphatic hydroxyl groups is 1. The molecule has 1 atom stereocenters. The maximum atomic E-state index is 13.2. The van der Waals surface area contributed by atoms with E-state index in [1.807, 2.05) is 0 Å². The second-order valence-electron chi connectivity index (χ2n) is 3.87. The van der Waals surface area contributed by atoms with Crippen molar-refractivity contribution in [1.82, 2.24) is 5.32 Å². The highest BCUT2D eigenvalue weighted by molar-refractivity contribution is 5.94. The molecular formula is C12H17FN2O3. The summed E-state index contributed by atoms with van der Waals surface area (Å²) >= 11 is 0. The van der Waals surface area contributed by atoms with Crippen LogP contribution in [0, 0.1) is 5.82 Å². The van der Waals surface area contributed by atoms with Gasteiger partial charge in [0.1, 0.15) is 5.82 Å². The molecule has 1 rings (SSSR count). The van der Waals surface area contributed by atoms with E-state index in [-0.39, 0.29) is 30.5 Å². The second kappa shape index (κ2) is 6.93. The monoisotopic (exact) mass is 256 g/mol. The lowest BCUT2D eigenvalue weighted by molar-refractivity contribution is 0.0878. The fourth-order valence-electron chi connectivity index (χ4n) is 1.49. The van der Waals surface area contributed by atoms with Crippen molar-refractivity contribution >= 4 is 11.6 Å². The Morgan fingerprint density at radius 2 is 2.33 bits per heavy atom. The standard InChI is InChI=1S/C12H17FN2O3/c1-18-7-9(4-5-16)15-12(17)8-2-3-11(14)10(13)6-8/h2-3,6,9,16H,4-5,7,14H2,1H3,(H,15,17). The molecular weight excluding hydrogens is 239 g/mol. The van der Waals surface area contributed by atoms with Crippen LogP contribution in [0.15, 0.2) is 18.2 Å². The molecule has 0 aromatic heterocycles. The van der Waals surface area contributed by atoms with Crippen molar-refractivity contribution in [2.75, 3.05) is 26.1 Å². The number of aliphatic hydroxyl groups excluding tert-OH is 1. The molecule has 1 unspecified atom stereocenters. The van der Waals surface area contributed by atoms with Crippen molar-refractivity contribution < 1.29 is 19.0 Å². The molecule has 0 radical (unpaired) electrons. The summed E-state index contributed by atoms with van der Waals surface area (Å²) in [6, 6.07) is 3.54. The van der Waals surface area contributed by atoms with Crippen LogP contribution in [-0.4, -0.2) is 37.4 Å². The van der Waals surface area contributed by atoms with Gasteiger partial charge in [0.15, 0.2) is 0 Å². The second-order valence-corrected chi connectivity index (χ2v) is 3.87. The molecule has 1 aromatic rings.